The molecule has 0 radical (unpaired) electrons. The fourth-order valence-corrected chi connectivity index (χ4v) is 4.94. The normalized spacial score (nSPS) is 16.2. The molecule has 0 saturated heterocycles. The van der Waals surface area contributed by atoms with Gasteiger partial charge >= 0.3 is 0 Å². The minimum absolute atomic E-state index is 0.0320. The number of hydrazone groups is 1. The molecular weight excluding hydrogens is 512 g/mol. The van der Waals surface area contributed by atoms with E-state index in [-0.39, 0.29) is 18.0 Å². The molecule has 10 heteroatoms. The maximum absolute atomic E-state index is 12.6. The Morgan fingerprint density at radius 2 is 1.92 bits per heavy atom. The van der Waals surface area contributed by atoms with Crippen molar-refractivity contribution in [3.05, 3.63) is 57.6 Å². The van der Waals surface area contributed by atoms with Gasteiger partial charge < -0.3 is 14.2 Å². The van der Waals surface area contributed by atoms with Crippen molar-refractivity contribution in [1.82, 2.24) is 5.01 Å². The SMILES string of the molecule is CCC1=NN2C(=N)/C(=C\c3cc(Cl)c(OCCOc4cc(C)ccc4C(C)C)c(OC)c3)C(=O)N=C2S1. The molecule has 0 unspecified atom stereocenters. The summed E-state index contributed by atoms with van der Waals surface area (Å²) in [5.74, 6) is 1.43. The van der Waals surface area contributed by atoms with Crippen molar-refractivity contribution >= 4 is 51.4 Å². The third kappa shape index (κ3) is 5.83. The molecule has 194 valence electrons. The predicted octanol–water partition coefficient (Wildman–Crippen LogP) is 6.27. The number of nitrogens with one attached hydrogen (secondary N) is 1. The van der Waals surface area contributed by atoms with E-state index in [1.54, 1.807) is 18.2 Å². The third-order valence-corrected chi connectivity index (χ3v) is 7.07. The summed E-state index contributed by atoms with van der Waals surface area (Å²) in [6.07, 6.45) is 2.26. The molecule has 0 saturated carbocycles. The molecule has 2 aromatic rings. The number of benzene rings is 2. The zero-order valence-corrected chi connectivity index (χ0v) is 23.0. The molecule has 0 aromatic heterocycles. The first kappa shape index (κ1) is 26.8. The molecule has 2 aliphatic heterocycles. The number of hydrogen-bond acceptors (Lipinski definition) is 7. The fraction of sp³-hybridized carbons (Fsp3) is 0.333. The van der Waals surface area contributed by atoms with Crippen molar-refractivity contribution < 1.29 is 19.0 Å². The number of amidine groups is 2. The van der Waals surface area contributed by atoms with Gasteiger partial charge in [0.05, 0.1) is 17.7 Å². The zero-order chi connectivity index (χ0) is 26.7. The van der Waals surface area contributed by atoms with Crippen LogP contribution in [-0.4, -0.2) is 47.3 Å². The summed E-state index contributed by atoms with van der Waals surface area (Å²) in [5.41, 5.74) is 2.96. The Labute approximate surface area is 225 Å². The van der Waals surface area contributed by atoms with Crippen LogP contribution in [0, 0.1) is 12.3 Å². The molecule has 1 N–H and O–H groups in total. The summed E-state index contributed by atoms with van der Waals surface area (Å²) >= 11 is 7.84. The number of halogens is 1. The second-order valence-corrected chi connectivity index (χ2v) is 10.2. The Morgan fingerprint density at radius 3 is 2.62 bits per heavy atom. The van der Waals surface area contributed by atoms with Gasteiger partial charge in [-0.25, -0.2) is 0 Å². The molecular formula is C27H29ClN4O4S. The number of ether oxygens (including phenoxy) is 3. The van der Waals surface area contributed by atoms with Crippen molar-refractivity contribution in [2.45, 2.75) is 40.0 Å². The average molecular weight is 541 g/mol. The maximum atomic E-state index is 12.6. The van der Waals surface area contributed by atoms with Crippen LogP contribution in [0.25, 0.3) is 6.08 Å². The summed E-state index contributed by atoms with van der Waals surface area (Å²) in [6.45, 7) is 8.83. The van der Waals surface area contributed by atoms with Gasteiger partial charge in [0.15, 0.2) is 17.3 Å². The van der Waals surface area contributed by atoms with Crippen LogP contribution < -0.4 is 14.2 Å². The van der Waals surface area contributed by atoms with Gasteiger partial charge in [-0.1, -0.05) is 44.5 Å². The van der Waals surface area contributed by atoms with E-state index in [9.17, 15) is 4.79 Å². The highest BCUT2D eigenvalue weighted by atomic mass is 35.5. The number of fused-ring (bicyclic) bond motifs is 1. The van der Waals surface area contributed by atoms with Gasteiger partial charge in [-0.15, -0.1) is 0 Å². The van der Waals surface area contributed by atoms with Crippen LogP contribution in [0.15, 0.2) is 46.0 Å². The molecule has 2 aliphatic rings. The van der Waals surface area contributed by atoms with Crippen LogP contribution in [-0.2, 0) is 4.79 Å². The average Bonchev–Trinajstić information content (AvgIpc) is 3.28. The van der Waals surface area contributed by atoms with Crippen molar-refractivity contribution in [3.8, 4) is 17.2 Å². The standard InChI is InChI=1S/C27H29ClN4O4S/c1-6-23-31-32-25(29)19(26(33)30-27(32)37-23)12-17-13-20(28)24(22(14-17)34-5)36-10-9-35-21-11-16(4)7-8-18(21)15(2)3/h7-8,11-15,29H,6,9-10H2,1-5H3/b19-12+,29-25?. The molecule has 0 fully saturated rings. The number of amides is 1. The molecule has 37 heavy (non-hydrogen) atoms. The van der Waals surface area contributed by atoms with E-state index >= 15 is 0 Å². The Kier molecular flexibility index (Phi) is 8.24. The van der Waals surface area contributed by atoms with E-state index in [2.05, 4.69) is 36.1 Å². The number of carbonyl (C=O) groups excluding carboxylic acids is 1. The zero-order valence-electron chi connectivity index (χ0n) is 21.4. The van der Waals surface area contributed by atoms with Crippen molar-refractivity contribution in [3.63, 3.8) is 0 Å². The molecule has 1 amide bonds. The molecule has 0 spiro atoms. The van der Waals surface area contributed by atoms with Gasteiger partial charge in [-0.2, -0.15) is 15.1 Å². The van der Waals surface area contributed by atoms with Crippen LogP contribution in [0.3, 0.4) is 0 Å². The molecule has 2 aromatic carbocycles. The third-order valence-electron chi connectivity index (χ3n) is 5.74. The monoisotopic (exact) mass is 540 g/mol. The predicted molar refractivity (Wildman–Crippen MR) is 150 cm³/mol. The lowest BCUT2D eigenvalue weighted by Crippen LogP contribution is -2.35. The first-order valence-corrected chi connectivity index (χ1v) is 13.1. The van der Waals surface area contributed by atoms with E-state index in [4.69, 9.17) is 31.2 Å². The summed E-state index contributed by atoms with van der Waals surface area (Å²) in [5, 5.41) is 15.7. The van der Waals surface area contributed by atoms with Gasteiger partial charge in [0, 0.05) is 0 Å². The van der Waals surface area contributed by atoms with Gasteiger partial charge in [-0.05, 0) is 72.0 Å². The van der Waals surface area contributed by atoms with Crippen LogP contribution in [0.1, 0.15) is 49.8 Å². The van der Waals surface area contributed by atoms with E-state index in [0.717, 1.165) is 21.9 Å². The van der Waals surface area contributed by atoms with Gasteiger partial charge in [0.1, 0.15) is 24.0 Å². The number of aliphatic imine (C=N–C) groups is 1. The number of rotatable bonds is 9. The lowest BCUT2D eigenvalue weighted by atomic mass is 10.0. The molecule has 2 heterocycles. The number of hydrogen-bond donors (Lipinski definition) is 1. The molecule has 0 aliphatic carbocycles. The Bertz CT molecular complexity index is 1340. The summed E-state index contributed by atoms with van der Waals surface area (Å²) in [4.78, 5) is 16.7. The van der Waals surface area contributed by atoms with Gasteiger partial charge in [0.25, 0.3) is 5.91 Å². The number of carbonyl (C=O) groups is 1. The number of methoxy groups -OCH3 is 1. The van der Waals surface area contributed by atoms with E-state index in [0.29, 0.717) is 46.2 Å². The smallest absolute Gasteiger partial charge is 0.283 e. The highest BCUT2D eigenvalue weighted by molar-refractivity contribution is 8.26. The highest BCUT2D eigenvalue weighted by Gasteiger charge is 2.35. The quantitative estimate of drug-likeness (QED) is 0.297. The van der Waals surface area contributed by atoms with E-state index in [1.807, 2.05) is 19.9 Å². The fourth-order valence-electron chi connectivity index (χ4n) is 3.84. The molecule has 0 bridgehead atoms. The minimum Gasteiger partial charge on any atom is -0.493 e. The largest absolute Gasteiger partial charge is 0.493 e. The van der Waals surface area contributed by atoms with Gasteiger partial charge in [0.2, 0.25) is 5.17 Å². The molecule has 0 atom stereocenters. The number of nitrogens with zero attached hydrogens (tertiary/aromatic N) is 3. The van der Waals surface area contributed by atoms with Crippen molar-refractivity contribution in [2.75, 3.05) is 20.3 Å². The highest BCUT2D eigenvalue weighted by Crippen LogP contribution is 2.38. The summed E-state index contributed by atoms with van der Waals surface area (Å²) in [7, 11) is 1.51. The van der Waals surface area contributed by atoms with Gasteiger partial charge in [-0.3, -0.25) is 10.2 Å². The molecule has 8 nitrogen and oxygen atoms in total. The number of aryl methyl sites for hydroxylation is 1. The second kappa shape index (κ2) is 11.4. The van der Waals surface area contributed by atoms with E-state index in [1.165, 1.54) is 23.9 Å². The topological polar surface area (TPSA) is 96.6 Å². The minimum atomic E-state index is -0.499. The van der Waals surface area contributed by atoms with Crippen LogP contribution in [0.5, 0.6) is 17.2 Å². The summed E-state index contributed by atoms with van der Waals surface area (Å²) < 4.78 is 17.4. The first-order valence-electron chi connectivity index (χ1n) is 11.9. The van der Waals surface area contributed by atoms with Crippen LogP contribution >= 0.6 is 23.4 Å². The maximum Gasteiger partial charge on any atom is 0.283 e. The first-order chi connectivity index (χ1) is 17.7. The lowest BCUT2D eigenvalue weighted by Gasteiger charge is -2.20. The number of thioether (sulfide) groups is 1. The Hall–Kier alpha value is -3.30. The van der Waals surface area contributed by atoms with Crippen LogP contribution in [0.2, 0.25) is 5.02 Å². The summed E-state index contributed by atoms with van der Waals surface area (Å²) in [6, 6.07) is 9.55. The Morgan fingerprint density at radius 1 is 1.16 bits per heavy atom. The lowest BCUT2D eigenvalue weighted by molar-refractivity contribution is -0.114. The Balaban J connectivity index is 1.49. The second-order valence-electron chi connectivity index (χ2n) is 8.79. The van der Waals surface area contributed by atoms with Crippen LogP contribution in [0.4, 0.5) is 0 Å². The van der Waals surface area contributed by atoms with E-state index < -0.39 is 5.91 Å². The molecule has 4 rings (SSSR count). The van der Waals surface area contributed by atoms with Crippen molar-refractivity contribution in [2.24, 2.45) is 10.1 Å². The van der Waals surface area contributed by atoms with Crippen molar-refractivity contribution in [1.29, 1.82) is 5.41 Å².